The Morgan fingerprint density at radius 3 is 2.80 bits per heavy atom. The molecule has 1 saturated heterocycles. The second-order valence-corrected chi connectivity index (χ2v) is 5.56. The number of rotatable bonds is 3. The van der Waals surface area contributed by atoms with Gasteiger partial charge in [-0.3, -0.25) is 0 Å². The number of halogens is 1. The van der Waals surface area contributed by atoms with E-state index in [0.717, 1.165) is 31.3 Å². The van der Waals surface area contributed by atoms with Crippen LogP contribution in [0.1, 0.15) is 25.8 Å². The van der Waals surface area contributed by atoms with E-state index >= 15 is 0 Å². The average molecular weight is 277 g/mol. The maximum Gasteiger partial charge on any atom is 0.328 e. The molecule has 1 N–H and O–H groups in total. The number of hydrogen-bond acceptors (Lipinski definition) is 2. The number of piperidine rings is 1. The Labute approximate surface area is 118 Å². The van der Waals surface area contributed by atoms with Gasteiger partial charge < -0.3 is 10.0 Å². The second-order valence-electron chi connectivity index (χ2n) is 5.56. The molecule has 1 aromatic carbocycles. The fourth-order valence-electron chi connectivity index (χ4n) is 2.59. The molecule has 1 aliphatic rings. The summed E-state index contributed by atoms with van der Waals surface area (Å²) in [7, 11) is 0. The van der Waals surface area contributed by atoms with Crippen molar-refractivity contribution in [2.45, 2.75) is 20.3 Å². The van der Waals surface area contributed by atoms with Crippen molar-refractivity contribution in [2.24, 2.45) is 11.8 Å². The molecule has 0 saturated carbocycles. The normalized spacial score (nSPS) is 23.2. The largest absolute Gasteiger partial charge is 0.478 e. The lowest BCUT2D eigenvalue weighted by Crippen LogP contribution is -2.38. The minimum Gasteiger partial charge on any atom is -0.478 e. The molecule has 0 bridgehead atoms. The lowest BCUT2D eigenvalue weighted by atomic mass is 9.88. The van der Waals surface area contributed by atoms with Crippen LogP contribution in [0.25, 0.3) is 6.08 Å². The first kappa shape index (κ1) is 14.6. The van der Waals surface area contributed by atoms with E-state index in [9.17, 15) is 9.18 Å². The molecule has 2 unspecified atom stereocenters. The van der Waals surface area contributed by atoms with Crippen LogP contribution < -0.4 is 4.90 Å². The van der Waals surface area contributed by atoms with E-state index in [1.54, 1.807) is 6.07 Å². The zero-order chi connectivity index (χ0) is 14.7. The molecule has 1 aromatic rings. The number of benzene rings is 1. The van der Waals surface area contributed by atoms with Gasteiger partial charge in [-0.2, -0.15) is 0 Å². The van der Waals surface area contributed by atoms with E-state index in [2.05, 4.69) is 18.7 Å². The molecule has 0 aliphatic carbocycles. The van der Waals surface area contributed by atoms with Crippen LogP contribution >= 0.6 is 0 Å². The Kier molecular flexibility index (Phi) is 4.42. The highest BCUT2D eigenvalue weighted by Gasteiger charge is 2.23. The topological polar surface area (TPSA) is 40.5 Å². The first-order chi connectivity index (χ1) is 9.47. The standard InChI is InChI=1S/C16H20FNO2/c1-11-7-8-18(10-12(11)2)15-5-4-14(17)9-13(15)3-6-16(19)20/h3-6,9,11-12H,7-8,10H2,1-2H3,(H,19,20)/b6-3+. The van der Waals surface area contributed by atoms with Crippen molar-refractivity contribution in [2.75, 3.05) is 18.0 Å². The van der Waals surface area contributed by atoms with Crippen molar-refractivity contribution in [1.29, 1.82) is 0 Å². The fourth-order valence-corrected chi connectivity index (χ4v) is 2.59. The SMILES string of the molecule is CC1CCN(c2ccc(F)cc2/C=C/C(=O)O)CC1C. The minimum atomic E-state index is -1.03. The molecule has 0 amide bonds. The summed E-state index contributed by atoms with van der Waals surface area (Å²) < 4.78 is 13.4. The minimum absolute atomic E-state index is 0.350. The quantitative estimate of drug-likeness (QED) is 0.861. The van der Waals surface area contributed by atoms with Crippen LogP contribution in [-0.4, -0.2) is 24.2 Å². The summed E-state index contributed by atoms with van der Waals surface area (Å²) in [5, 5.41) is 8.73. The Bertz CT molecular complexity index is 527. The molecule has 4 heteroatoms. The van der Waals surface area contributed by atoms with Crippen LogP contribution in [0.15, 0.2) is 24.3 Å². The first-order valence-electron chi connectivity index (χ1n) is 6.93. The van der Waals surface area contributed by atoms with Crippen LogP contribution in [0.5, 0.6) is 0 Å². The number of hydrogen-bond donors (Lipinski definition) is 1. The lowest BCUT2D eigenvalue weighted by molar-refractivity contribution is -0.131. The summed E-state index contributed by atoms with van der Waals surface area (Å²) in [5.41, 5.74) is 1.52. The van der Waals surface area contributed by atoms with Gasteiger partial charge in [0.2, 0.25) is 0 Å². The molecular weight excluding hydrogens is 257 g/mol. The van der Waals surface area contributed by atoms with E-state index in [1.807, 2.05) is 0 Å². The van der Waals surface area contributed by atoms with E-state index < -0.39 is 5.97 Å². The van der Waals surface area contributed by atoms with Gasteiger partial charge in [0.05, 0.1) is 0 Å². The third-order valence-electron chi connectivity index (χ3n) is 4.07. The Balaban J connectivity index is 2.29. The van der Waals surface area contributed by atoms with Crippen LogP contribution in [0.2, 0.25) is 0 Å². The van der Waals surface area contributed by atoms with Crippen LogP contribution in [0.3, 0.4) is 0 Å². The molecule has 0 aromatic heterocycles. The van der Waals surface area contributed by atoms with E-state index in [4.69, 9.17) is 5.11 Å². The molecule has 20 heavy (non-hydrogen) atoms. The fraction of sp³-hybridized carbons (Fsp3) is 0.438. The van der Waals surface area contributed by atoms with Gasteiger partial charge in [0.15, 0.2) is 0 Å². The Morgan fingerprint density at radius 1 is 1.40 bits per heavy atom. The Morgan fingerprint density at radius 2 is 2.15 bits per heavy atom. The molecule has 1 heterocycles. The summed E-state index contributed by atoms with van der Waals surface area (Å²) in [4.78, 5) is 12.9. The van der Waals surface area contributed by atoms with Crippen molar-refractivity contribution in [3.05, 3.63) is 35.7 Å². The molecular formula is C16H20FNO2. The van der Waals surface area contributed by atoms with Crippen LogP contribution in [0.4, 0.5) is 10.1 Å². The zero-order valence-electron chi connectivity index (χ0n) is 11.8. The number of carbonyl (C=O) groups is 1. The molecule has 3 nitrogen and oxygen atoms in total. The lowest BCUT2D eigenvalue weighted by Gasteiger charge is -2.37. The third-order valence-corrected chi connectivity index (χ3v) is 4.07. The molecule has 0 radical (unpaired) electrons. The van der Waals surface area contributed by atoms with E-state index in [-0.39, 0.29) is 5.82 Å². The molecule has 1 fully saturated rings. The maximum absolute atomic E-state index is 13.4. The highest BCUT2D eigenvalue weighted by Crippen LogP contribution is 2.30. The van der Waals surface area contributed by atoms with Gasteiger partial charge in [0, 0.05) is 30.4 Å². The summed E-state index contributed by atoms with van der Waals surface area (Å²) >= 11 is 0. The average Bonchev–Trinajstić information content (AvgIpc) is 2.40. The summed E-state index contributed by atoms with van der Waals surface area (Å²) in [6, 6.07) is 4.55. The molecule has 1 aliphatic heterocycles. The van der Waals surface area contributed by atoms with Crippen molar-refractivity contribution < 1.29 is 14.3 Å². The van der Waals surface area contributed by atoms with Crippen LogP contribution in [-0.2, 0) is 4.79 Å². The first-order valence-corrected chi connectivity index (χ1v) is 6.93. The van der Waals surface area contributed by atoms with Crippen molar-refractivity contribution in [3.63, 3.8) is 0 Å². The van der Waals surface area contributed by atoms with Crippen LogP contribution in [0, 0.1) is 17.7 Å². The number of carboxylic acid groups (broad SMARTS) is 1. The second kappa shape index (κ2) is 6.07. The highest BCUT2D eigenvalue weighted by molar-refractivity contribution is 5.87. The summed E-state index contributed by atoms with van der Waals surface area (Å²) in [6.45, 7) is 6.30. The van der Waals surface area contributed by atoms with Gasteiger partial charge in [-0.15, -0.1) is 0 Å². The van der Waals surface area contributed by atoms with E-state index in [1.165, 1.54) is 18.2 Å². The molecule has 2 rings (SSSR count). The molecule has 0 spiro atoms. The summed E-state index contributed by atoms with van der Waals surface area (Å²) in [5.74, 6) is -0.118. The Hall–Kier alpha value is -1.84. The zero-order valence-corrected chi connectivity index (χ0v) is 11.8. The number of aliphatic carboxylic acids is 1. The smallest absolute Gasteiger partial charge is 0.328 e. The molecule has 108 valence electrons. The predicted molar refractivity (Wildman–Crippen MR) is 78.2 cm³/mol. The van der Waals surface area contributed by atoms with Gasteiger partial charge in [0.1, 0.15) is 5.82 Å². The summed E-state index contributed by atoms with van der Waals surface area (Å²) in [6.07, 6.45) is 3.61. The molecule has 2 atom stereocenters. The van der Waals surface area contributed by atoms with Crippen molar-refractivity contribution in [1.82, 2.24) is 0 Å². The number of nitrogens with zero attached hydrogens (tertiary/aromatic N) is 1. The maximum atomic E-state index is 13.4. The van der Waals surface area contributed by atoms with Crippen molar-refractivity contribution in [3.8, 4) is 0 Å². The van der Waals surface area contributed by atoms with Gasteiger partial charge in [-0.05, 0) is 42.5 Å². The van der Waals surface area contributed by atoms with Gasteiger partial charge >= 0.3 is 5.97 Å². The monoisotopic (exact) mass is 277 g/mol. The van der Waals surface area contributed by atoms with Gasteiger partial charge in [-0.25, -0.2) is 9.18 Å². The van der Waals surface area contributed by atoms with E-state index in [0.29, 0.717) is 17.4 Å². The third kappa shape index (κ3) is 3.38. The number of anilines is 1. The highest BCUT2D eigenvalue weighted by atomic mass is 19.1. The van der Waals surface area contributed by atoms with Gasteiger partial charge in [-0.1, -0.05) is 13.8 Å². The van der Waals surface area contributed by atoms with Crippen molar-refractivity contribution >= 4 is 17.7 Å². The van der Waals surface area contributed by atoms with Gasteiger partial charge in [0.25, 0.3) is 0 Å². The predicted octanol–water partition coefficient (Wildman–Crippen LogP) is 3.41. The number of carboxylic acids is 1.